The SMILES string of the molecule is CCCCCCCCCCC/C=C/[C@@H](O)[C@H](CO[C@@H]1O[C@H](CO)[C@@H](O[C@@H]2O[C@H](CO)[C@H](O)C(O)C2O)C(O)C1O)NC(=O)CCCCCCCCCCCCCCCCCCCCCCCCCCCC. The van der Waals surface area contributed by atoms with Crippen molar-refractivity contribution in [3.8, 4) is 0 Å². The van der Waals surface area contributed by atoms with Crippen molar-refractivity contribution in [2.45, 2.75) is 325 Å². The van der Waals surface area contributed by atoms with Gasteiger partial charge in [-0.1, -0.05) is 238 Å². The van der Waals surface area contributed by atoms with Crippen LogP contribution in [0, 0.1) is 0 Å². The van der Waals surface area contributed by atoms with Crippen LogP contribution in [-0.4, -0.2) is 140 Å². The molecule has 0 saturated carbocycles. The monoisotopic (exact) mass is 1020 g/mol. The van der Waals surface area contributed by atoms with E-state index in [1.54, 1.807) is 6.08 Å². The summed E-state index contributed by atoms with van der Waals surface area (Å²) >= 11 is 0. The number of hydrogen-bond donors (Lipinski definition) is 9. The highest BCUT2D eigenvalue weighted by Gasteiger charge is 2.51. The third-order valence-corrected chi connectivity index (χ3v) is 14.7. The molecule has 14 nitrogen and oxygen atoms in total. The average Bonchev–Trinajstić information content (AvgIpc) is 3.37. The minimum absolute atomic E-state index is 0.235. The van der Waals surface area contributed by atoms with Crippen LogP contribution in [0.25, 0.3) is 0 Å². The zero-order valence-electron chi connectivity index (χ0n) is 45.0. The molecule has 4 unspecified atom stereocenters. The fourth-order valence-corrected chi connectivity index (χ4v) is 9.94. The summed E-state index contributed by atoms with van der Waals surface area (Å²) in [5.41, 5.74) is 0. The Labute approximate surface area is 431 Å². The Morgan fingerprint density at radius 1 is 0.493 bits per heavy atom. The summed E-state index contributed by atoms with van der Waals surface area (Å²) < 4.78 is 22.7. The number of hydrogen-bond acceptors (Lipinski definition) is 13. The average molecular weight is 1020 g/mol. The lowest BCUT2D eigenvalue weighted by Crippen LogP contribution is -2.65. The zero-order chi connectivity index (χ0) is 51.7. The number of unbranched alkanes of at least 4 members (excludes halogenated alkanes) is 34. The number of amides is 1. The molecular formula is C57H109NO13. The molecule has 12 atom stereocenters. The van der Waals surface area contributed by atoms with E-state index in [4.69, 9.17) is 18.9 Å². The number of nitrogens with one attached hydrogen (secondary N) is 1. The summed E-state index contributed by atoms with van der Waals surface area (Å²) in [6, 6.07) is -0.908. The van der Waals surface area contributed by atoms with Crippen molar-refractivity contribution in [1.29, 1.82) is 0 Å². The second kappa shape index (κ2) is 43.9. The first kappa shape index (κ1) is 65.8. The van der Waals surface area contributed by atoms with Crippen LogP contribution in [0.2, 0.25) is 0 Å². The number of carbonyl (C=O) groups is 1. The molecule has 2 saturated heterocycles. The van der Waals surface area contributed by atoms with E-state index in [0.717, 1.165) is 38.5 Å². The largest absolute Gasteiger partial charge is 0.394 e. The molecule has 2 aliphatic heterocycles. The van der Waals surface area contributed by atoms with E-state index in [2.05, 4.69) is 19.2 Å². The van der Waals surface area contributed by atoms with Crippen LogP contribution in [0.15, 0.2) is 12.2 Å². The maximum absolute atomic E-state index is 13.2. The van der Waals surface area contributed by atoms with Crippen molar-refractivity contribution in [2.24, 2.45) is 0 Å². The highest BCUT2D eigenvalue weighted by molar-refractivity contribution is 5.76. The molecule has 0 aliphatic carbocycles. The van der Waals surface area contributed by atoms with Crippen LogP contribution in [-0.2, 0) is 23.7 Å². The Balaban J connectivity index is 1.69. The summed E-state index contributed by atoms with van der Waals surface area (Å²) in [6.07, 6.45) is 32.7. The van der Waals surface area contributed by atoms with Gasteiger partial charge in [0.05, 0.1) is 32.0 Å². The van der Waals surface area contributed by atoms with Crippen molar-refractivity contribution < 1.29 is 64.6 Å². The lowest BCUT2D eigenvalue weighted by atomic mass is 9.97. The number of allylic oxidation sites excluding steroid dienone is 1. The van der Waals surface area contributed by atoms with Crippen molar-refractivity contribution in [3.63, 3.8) is 0 Å². The third-order valence-electron chi connectivity index (χ3n) is 14.7. The molecule has 420 valence electrons. The van der Waals surface area contributed by atoms with Crippen LogP contribution < -0.4 is 5.32 Å². The molecule has 0 bridgehead atoms. The molecule has 2 rings (SSSR count). The highest BCUT2D eigenvalue weighted by Crippen LogP contribution is 2.30. The minimum Gasteiger partial charge on any atom is -0.394 e. The smallest absolute Gasteiger partial charge is 0.220 e. The quantitative estimate of drug-likeness (QED) is 0.0205. The predicted molar refractivity (Wildman–Crippen MR) is 282 cm³/mol. The molecule has 1 amide bonds. The molecule has 2 heterocycles. The number of carbonyl (C=O) groups excluding carboxylic acids is 1. The first-order valence-electron chi connectivity index (χ1n) is 29.4. The van der Waals surface area contributed by atoms with E-state index < -0.39 is 86.8 Å². The first-order valence-corrected chi connectivity index (χ1v) is 29.4. The van der Waals surface area contributed by atoms with Gasteiger partial charge >= 0.3 is 0 Å². The van der Waals surface area contributed by atoms with E-state index >= 15 is 0 Å². The van der Waals surface area contributed by atoms with E-state index in [1.807, 2.05) is 6.08 Å². The van der Waals surface area contributed by atoms with Gasteiger partial charge in [-0.3, -0.25) is 4.79 Å². The minimum atomic E-state index is -1.78. The van der Waals surface area contributed by atoms with Crippen molar-refractivity contribution in [1.82, 2.24) is 5.32 Å². The standard InChI is InChI=1S/C57H109NO13/c1-3-5-7-9-11-13-15-16-17-18-19-20-21-22-23-24-25-26-27-28-29-31-33-35-37-39-41-49(62)58-45(46(61)40-38-36-34-32-30-14-12-10-8-6-4-2)44-68-56-54(67)52(65)55(48(43-60)70-56)71-57-53(66)51(64)50(63)47(42-59)69-57/h38,40,45-48,50-57,59-61,63-67H,3-37,39,41-44H2,1-2H3,(H,58,62)/b40-38+/t45-,46+,47+,48+,50-,51?,52?,53?,54?,55+,56+,57-/m0/s1. The highest BCUT2D eigenvalue weighted by atomic mass is 16.7. The molecule has 2 aliphatic rings. The van der Waals surface area contributed by atoms with Gasteiger partial charge in [0.2, 0.25) is 5.91 Å². The molecule has 71 heavy (non-hydrogen) atoms. The first-order chi connectivity index (χ1) is 34.6. The third kappa shape index (κ3) is 30.2. The van der Waals surface area contributed by atoms with Gasteiger partial charge in [-0.25, -0.2) is 0 Å². The van der Waals surface area contributed by atoms with Crippen LogP contribution in [0.4, 0.5) is 0 Å². The second-order valence-electron chi connectivity index (χ2n) is 21.1. The summed E-state index contributed by atoms with van der Waals surface area (Å²) in [4.78, 5) is 13.2. The summed E-state index contributed by atoms with van der Waals surface area (Å²) in [5.74, 6) is -0.235. The molecule has 0 aromatic heterocycles. The molecule has 0 aromatic carbocycles. The van der Waals surface area contributed by atoms with Crippen molar-refractivity contribution >= 4 is 5.91 Å². The lowest BCUT2D eigenvalue weighted by molar-refractivity contribution is -0.359. The summed E-state index contributed by atoms with van der Waals surface area (Å²) in [5, 5.41) is 86.9. The van der Waals surface area contributed by atoms with Gasteiger partial charge < -0.3 is 65.1 Å². The lowest BCUT2D eigenvalue weighted by Gasteiger charge is -2.46. The van der Waals surface area contributed by atoms with Gasteiger partial charge in [-0.2, -0.15) is 0 Å². The molecule has 14 heteroatoms. The van der Waals surface area contributed by atoms with Crippen LogP contribution in [0.3, 0.4) is 0 Å². The van der Waals surface area contributed by atoms with Gasteiger partial charge in [-0.15, -0.1) is 0 Å². The number of aliphatic hydroxyl groups excluding tert-OH is 8. The molecule has 9 N–H and O–H groups in total. The number of rotatable bonds is 47. The Bertz CT molecular complexity index is 1240. The summed E-state index contributed by atoms with van der Waals surface area (Å²) in [6.45, 7) is 2.80. The van der Waals surface area contributed by atoms with Gasteiger partial charge in [0.15, 0.2) is 12.6 Å². The van der Waals surface area contributed by atoms with Gasteiger partial charge in [0.25, 0.3) is 0 Å². The molecule has 0 radical (unpaired) electrons. The number of aliphatic hydroxyl groups is 8. The van der Waals surface area contributed by atoms with E-state index in [9.17, 15) is 45.6 Å². The fourth-order valence-electron chi connectivity index (χ4n) is 9.94. The number of ether oxygens (including phenoxy) is 4. The molecule has 2 fully saturated rings. The maximum atomic E-state index is 13.2. The van der Waals surface area contributed by atoms with E-state index in [1.165, 1.54) is 186 Å². The van der Waals surface area contributed by atoms with Crippen molar-refractivity contribution in [3.05, 3.63) is 12.2 Å². The zero-order valence-corrected chi connectivity index (χ0v) is 45.0. The fraction of sp³-hybridized carbons (Fsp3) is 0.947. The van der Waals surface area contributed by atoms with Gasteiger partial charge in [0.1, 0.15) is 48.8 Å². The topological polar surface area (TPSA) is 228 Å². The van der Waals surface area contributed by atoms with Crippen LogP contribution in [0.1, 0.15) is 251 Å². The second-order valence-corrected chi connectivity index (χ2v) is 21.1. The van der Waals surface area contributed by atoms with Gasteiger partial charge in [0, 0.05) is 6.42 Å². The molecular weight excluding hydrogens is 907 g/mol. The Morgan fingerprint density at radius 2 is 0.873 bits per heavy atom. The van der Waals surface area contributed by atoms with Crippen molar-refractivity contribution in [2.75, 3.05) is 19.8 Å². The molecule has 0 spiro atoms. The van der Waals surface area contributed by atoms with E-state index in [-0.39, 0.29) is 18.9 Å². The van der Waals surface area contributed by atoms with Crippen LogP contribution in [0.5, 0.6) is 0 Å². The van der Waals surface area contributed by atoms with Crippen LogP contribution >= 0.6 is 0 Å². The van der Waals surface area contributed by atoms with Gasteiger partial charge in [-0.05, 0) is 19.3 Å². The maximum Gasteiger partial charge on any atom is 0.220 e. The summed E-state index contributed by atoms with van der Waals surface area (Å²) in [7, 11) is 0. The Hall–Kier alpha value is -1.27. The van der Waals surface area contributed by atoms with E-state index in [0.29, 0.717) is 6.42 Å². The predicted octanol–water partition coefficient (Wildman–Crippen LogP) is 9.50. The molecule has 0 aromatic rings. The Morgan fingerprint density at radius 3 is 1.30 bits per heavy atom. The Kier molecular flexibility index (Phi) is 40.7. The normalized spacial score (nSPS) is 25.8.